The Morgan fingerprint density at radius 2 is 1.71 bits per heavy atom. The van der Waals surface area contributed by atoms with Gasteiger partial charge in [-0.25, -0.2) is 12.8 Å². The summed E-state index contributed by atoms with van der Waals surface area (Å²) < 4.78 is 40.6. The molecule has 6 heteroatoms. The lowest BCUT2D eigenvalue weighted by Crippen LogP contribution is -2.42. The van der Waals surface area contributed by atoms with Crippen LogP contribution in [0.25, 0.3) is 0 Å². The van der Waals surface area contributed by atoms with Gasteiger partial charge >= 0.3 is 0 Å². The van der Waals surface area contributed by atoms with E-state index in [2.05, 4.69) is 0 Å². The fraction of sp³-hybridized carbons (Fsp3) is 0.600. The van der Waals surface area contributed by atoms with Crippen molar-refractivity contribution in [2.45, 2.75) is 43.4 Å². The Morgan fingerprint density at radius 1 is 1.10 bits per heavy atom. The fourth-order valence-electron chi connectivity index (χ4n) is 3.75. The second-order valence-corrected chi connectivity index (χ2v) is 8.14. The van der Waals surface area contributed by atoms with Crippen molar-refractivity contribution in [2.24, 2.45) is 5.41 Å². The minimum absolute atomic E-state index is 0.0175. The molecule has 2 fully saturated rings. The molecule has 0 unspecified atom stereocenters. The molecule has 3 rings (SSSR count). The molecule has 1 saturated carbocycles. The maximum absolute atomic E-state index is 13.9. The summed E-state index contributed by atoms with van der Waals surface area (Å²) in [5.41, 5.74) is 5.99. The van der Waals surface area contributed by atoms with E-state index in [0.717, 1.165) is 18.9 Å². The molecule has 21 heavy (non-hydrogen) atoms. The molecule has 0 atom stereocenters. The molecule has 1 aromatic carbocycles. The quantitative estimate of drug-likeness (QED) is 0.854. The summed E-state index contributed by atoms with van der Waals surface area (Å²) in [4.78, 5) is -0.368. The molecule has 2 N–H and O–H groups in total. The normalized spacial score (nSPS) is 22.7. The molecular formula is C15H21FN2O2S. The minimum atomic E-state index is -3.84. The summed E-state index contributed by atoms with van der Waals surface area (Å²) in [6.07, 6.45) is 6.63. The second kappa shape index (κ2) is 5.25. The van der Waals surface area contributed by atoms with Crippen LogP contribution < -0.4 is 5.73 Å². The van der Waals surface area contributed by atoms with E-state index in [0.29, 0.717) is 18.5 Å². The van der Waals surface area contributed by atoms with Crippen molar-refractivity contribution in [3.63, 3.8) is 0 Å². The van der Waals surface area contributed by atoms with Gasteiger partial charge in [-0.15, -0.1) is 0 Å². The van der Waals surface area contributed by atoms with Crippen LogP contribution in [-0.2, 0) is 10.0 Å². The van der Waals surface area contributed by atoms with Gasteiger partial charge < -0.3 is 5.73 Å². The van der Waals surface area contributed by atoms with Crippen molar-refractivity contribution in [3.8, 4) is 0 Å². The Bertz CT molecular complexity index is 609. The largest absolute Gasteiger partial charge is 0.398 e. The number of sulfonamides is 1. The number of benzene rings is 1. The van der Waals surface area contributed by atoms with Gasteiger partial charge in [0, 0.05) is 13.1 Å². The number of piperidine rings is 1. The van der Waals surface area contributed by atoms with E-state index in [-0.39, 0.29) is 10.6 Å². The summed E-state index contributed by atoms with van der Waals surface area (Å²) in [6.45, 7) is 0.937. The van der Waals surface area contributed by atoms with Gasteiger partial charge in [0.15, 0.2) is 0 Å². The Kier molecular flexibility index (Phi) is 3.69. The van der Waals surface area contributed by atoms with Gasteiger partial charge in [-0.2, -0.15) is 4.31 Å². The lowest BCUT2D eigenvalue weighted by atomic mass is 9.78. The number of nitrogens with two attached hydrogens (primary N) is 1. The van der Waals surface area contributed by atoms with E-state index in [4.69, 9.17) is 5.73 Å². The average Bonchev–Trinajstić information content (AvgIpc) is 2.87. The highest BCUT2D eigenvalue weighted by Gasteiger charge is 2.41. The van der Waals surface area contributed by atoms with Crippen LogP contribution in [-0.4, -0.2) is 25.8 Å². The number of nitrogen functional groups attached to an aromatic ring is 1. The monoisotopic (exact) mass is 312 g/mol. The first-order chi connectivity index (χ1) is 9.95. The van der Waals surface area contributed by atoms with Gasteiger partial charge in [-0.1, -0.05) is 18.9 Å². The number of hydrogen-bond donors (Lipinski definition) is 1. The Balaban J connectivity index is 1.84. The third kappa shape index (κ3) is 2.55. The maximum atomic E-state index is 13.9. The van der Waals surface area contributed by atoms with Crippen molar-refractivity contribution < 1.29 is 12.8 Å². The van der Waals surface area contributed by atoms with Crippen LogP contribution in [0.3, 0.4) is 0 Å². The van der Waals surface area contributed by atoms with Crippen molar-refractivity contribution in [1.82, 2.24) is 4.31 Å². The minimum Gasteiger partial charge on any atom is -0.398 e. The van der Waals surface area contributed by atoms with E-state index in [9.17, 15) is 12.8 Å². The van der Waals surface area contributed by atoms with E-state index in [1.54, 1.807) is 0 Å². The lowest BCUT2D eigenvalue weighted by molar-refractivity contribution is 0.160. The number of anilines is 1. The number of hydrogen-bond acceptors (Lipinski definition) is 3. The first-order valence-corrected chi connectivity index (χ1v) is 8.93. The molecule has 0 radical (unpaired) electrons. The maximum Gasteiger partial charge on any atom is 0.248 e. The number of nitrogens with zero attached hydrogens (tertiary/aromatic N) is 1. The van der Waals surface area contributed by atoms with E-state index in [1.165, 1.54) is 42.1 Å². The highest BCUT2D eigenvalue weighted by Crippen LogP contribution is 2.47. The summed E-state index contributed by atoms with van der Waals surface area (Å²) in [7, 11) is -3.84. The summed E-state index contributed by atoms with van der Waals surface area (Å²) >= 11 is 0. The van der Waals surface area contributed by atoms with Crippen LogP contribution >= 0.6 is 0 Å². The Hall–Kier alpha value is -1.14. The lowest BCUT2D eigenvalue weighted by Gasteiger charge is -2.38. The SMILES string of the molecule is Nc1cccc(F)c1S(=O)(=O)N1CCC2(CCCC2)CC1. The van der Waals surface area contributed by atoms with Crippen LogP contribution in [0.2, 0.25) is 0 Å². The fourth-order valence-corrected chi connectivity index (χ4v) is 5.35. The van der Waals surface area contributed by atoms with E-state index in [1.807, 2.05) is 0 Å². The smallest absolute Gasteiger partial charge is 0.248 e. The zero-order valence-corrected chi connectivity index (χ0v) is 12.8. The van der Waals surface area contributed by atoms with Gasteiger partial charge in [0.2, 0.25) is 10.0 Å². The van der Waals surface area contributed by atoms with Crippen LogP contribution in [0.4, 0.5) is 10.1 Å². The predicted octanol–water partition coefficient (Wildman–Crippen LogP) is 2.75. The van der Waals surface area contributed by atoms with Gasteiger partial charge in [0.25, 0.3) is 0 Å². The molecule has 1 saturated heterocycles. The third-order valence-electron chi connectivity index (χ3n) is 5.04. The molecule has 1 spiro atoms. The Labute approximate surface area is 125 Å². The zero-order valence-electron chi connectivity index (χ0n) is 12.0. The standard InChI is InChI=1S/C15H21FN2O2S/c16-12-4-3-5-13(17)14(12)21(19,20)18-10-8-15(9-11-18)6-1-2-7-15/h3-5H,1-2,6-11,17H2. The summed E-state index contributed by atoms with van der Waals surface area (Å²) in [6, 6.07) is 4.00. The molecule has 1 heterocycles. The zero-order chi connectivity index (χ0) is 15.1. The van der Waals surface area contributed by atoms with Crippen LogP contribution in [0.15, 0.2) is 23.1 Å². The van der Waals surface area contributed by atoms with Crippen LogP contribution in [0, 0.1) is 11.2 Å². The van der Waals surface area contributed by atoms with Gasteiger partial charge in [0.1, 0.15) is 10.7 Å². The summed E-state index contributed by atoms with van der Waals surface area (Å²) in [5, 5.41) is 0. The van der Waals surface area contributed by atoms with Crippen molar-refractivity contribution in [1.29, 1.82) is 0 Å². The first-order valence-electron chi connectivity index (χ1n) is 7.49. The molecule has 4 nitrogen and oxygen atoms in total. The second-order valence-electron chi connectivity index (χ2n) is 6.27. The molecule has 0 bridgehead atoms. The molecule has 116 valence electrons. The highest BCUT2D eigenvalue weighted by molar-refractivity contribution is 7.89. The molecule has 0 aromatic heterocycles. The first kappa shape index (κ1) is 14.8. The van der Waals surface area contributed by atoms with Crippen molar-refractivity contribution in [3.05, 3.63) is 24.0 Å². The molecular weight excluding hydrogens is 291 g/mol. The van der Waals surface area contributed by atoms with Crippen molar-refractivity contribution in [2.75, 3.05) is 18.8 Å². The average molecular weight is 312 g/mol. The number of rotatable bonds is 2. The highest BCUT2D eigenvalue weighted by atomic mass is 32.2. The molecule has 2 aliphatic rings. The predicted molar refractivity (Wildman–Crippen MR) is 79.7 cm³/mol. The topological polar surface area (TPSA) is 63.4 Å². The summed E-state index contributed by atoms with van der Waals surface area (Å²) in [5.74, 6) is -0.767. The van der Waals surface area contributed by atoms with Gasteiger partial charge in [0.05, 0.1) is 5.69 Å². The van der Waals surface area contributed by atoms with Gasteiger partial charge in [-0.3, -0.25) is 0 Å². The molecule has 0 amide bonds. The van der Waals surface area contributed by atoms with Crippen LogP contribution in [0.1, 0.15) is 38.5 Å². The molecule has 1 aromatic rings. The number of halogens is 1. The molecule has 1 aliphatic heterocycles. The van der Waals surface area contributed by atoms with Crippen LogP contribution in [0.5, 0.6) is 0 Å². The van der Waals surface area contributed by atoms with Crippen molar-refractivity contribution >= 4 is 15.7 Å². The van der Waals surface area contributed by atoms with E-state index >= 15 is 0 Å². The molecule has 1 aliphatic carbocycles. The Morgan fingerprint density at radius 3 is 2.29 bits per heavy atom. The van der Waals surface area contributed by atoms with E-state index < -0.39 is 15.8 Å². The van der Waals surface area contributed by atoms with Gasteiger partial charge in [-0.05, 0) is 43.2 Å². The third-order valence-corrected chi connectivity index (χ3v) is 7.03.